The molecule has 5 nitrogen and oxygen atoms in total. The zero-order chi connectivity index (χ0) is 23.9. The fraction of sp³-hybridized carbons (Fsp3) is 0.345. The minimum Gasteiger partial charge on any atom is -0.370 e. The van der Waals surface area contributed by atoms with Gasteiger partial charge < -0.3 is 10.2 Å². The van der Waals surface area contributed by atoms with E-state index in [2.05, 4.69) is 69.8 Å². The summed E-state index contributed by atoms with van der Waals surface area (Å²) in [6.45, 7) is 9.81. The highest BCUT2D eigenvalue weighted by Crippen LogP contribution is 2.59. The van der Waals surface area contributed by atoms with E-state index in [0.29, 0.717) is 11.2 Å². The van der Waals surface area contributed by atoms with Crippen LogP contribution in [0.2, 0.25) is 0 Å². The van der Waals surface area contributed by atoms with Crippen LogP contribution in [0, 0.1) is 18.3 Å². The summed E-state index contributed by atoms with van der Waals surface area (Å²) >= 11 is 0. The van der Waals surface area contributed by atoms with E-state index >= 15 is 0 Å². The zero-order valence-electron chi connectivity index (χ0n) is 20.4. The van der Waals surface area contributed by atoms with Crippen LogP contribution >= 0.6 is 0 Å². The third-order valence-electron chi connectivity index (χ3n) is 7.14. The van der Waals surface area contributed by atoms with Gasteiger partial charge in [-0.05, 0) is 43.0 Å². The van der Waals surface area contributed by atoms with Gasteiger partial charge in [-0.15, -0.1) is 0 Å². The molecule has 0 bridgehead atoms. The van der Waals surface area contributed by atoms with Crippen molar-refractivity contribution in [1.29, 1.82) is 0 Å². The molecule has 5 heteroatoms. The molecule has 1 saturated carbocycles. The highest BCUT2D eigenvalue weighted by Gasteiger charge is 2.60. The van der Waals surface area contributed by atoms with Gasteiger partial charge in [0.1, 0.15) is 0 Å². The Morgan fingerprint density at radius 3 is 2.68 bits per heavy atom. The standard InChI is InChI=1S/C29H32N4O/c1-20-27(30-14-13-26(34)28(2,3)4)31-17-25(32-20)21-9-8-12-24(15-21)33-18-23-16-29(23,19-33)22-10-6-5-7-11-22/h5-15,17,23H,16,18-19H2,1-4H3,(H,30,31)/b14-13+/t23-,29+/m0/s1. The minimum atomic E-state index is -0.398. The molecule has 2 atom stereocenters. The number of ketones is 1. The Morgan fingerprint density at radius 1 is 1.15 bits per heavy atom. The molecule has 1 aromatic heterocycles. The minimum absolute atomic E-state index is 0.0626. The van der Waals surface area contributed by atoms with Gasteiger partial charge in [0.15, 0.2) is 11.6 Å². The van der Waals surface area contributed by atoms with Crippen LogP contribution in [0.4, 0.5) is 11.5 Å². The van der Waals surface area contributed by atoms with Crippen LogP contribution in [0.3, 0.4) is 0 Å². The van der Waals surface area contributed by atoms with E-state index < -0.39 is 5.41 Å². The predicted octanol–water partition coefficient (Wildman–Crippen LogP) is 5.77. The fourth-order valence-electron chi connectivity index (χ4n) is 4.97. The second-order valence-electron chi connectivity index (χ2n) is 10.6. The highest BCUT2D eigenvalue weighted by atomic mass is 16.1. The van der Waals surface area contributed by atoms with Crippen molar-refractivity contribution in [2.24, 2.45) is 11.3 Å². The van der Waals surface area contributed by atoms with Crippen molar-refractivity contribution in [2.45, 2.75) is 39.5 Å². The molecule has 2 aliphatic rings. The number of hydrogen-bond acceptors (Lipinski definition) is 5. The lowest BCUT2D eigenvalue weighted by atomic mass is 9.91. The number of hydrogen-bond donors (Lipinski definition) is 1. The Labute approximate surface area is 201 Å². The van der Waals surface area contributed by atoms with Crippen molar-refractivity contribution >= 4 is 17.3 Å². The number of nitrogens with zero attached hydrogens (tertiary/aromatic N) is 3. The molecule has 1 aliphatic carbocycles. The number of benzene rings is 2. The van der Waals surface area contributed by atoms with Gasteiger partial charge in [-0.1, -0.05) is 63.2 Å². The largest absolute Gasteiger partial charge is 0.370 e. The topological polar surface area (TPSA) is 58.1 Å². The first-order valence-corrected chi connectivity index (χ1v) is 12.0. The van der Waals surface area contributed by atoms with E-state index in [4.69, 9.17) is 4.98 Å². The molecule has 1 N–H and O–H groups in total. The summed E-state index contributed by atoms with van der Waals surface area (Å²) < 4.78 is 0. The van der Waals surface area contributed by atoms with Gasteiger partial charge in [-0.2, -0.15) is 0 Å². The average molecular weight is 453 g/mol. The van der Waals surface area contributed by atoms with Crippen LogP contribution in [0.5, 0.6) is 0 Å². The predicted molar refractivity (Wildman–Crippen MR) is 138 cm³/mol. The number of rotatable bonds is 6. The molecule has 0 unspecified atom stereocenters. The number of carbonyl (C=O) groups is 1. The summed E-state index contributed by atoms with van der Waals surface area (Å²) in [5, 5.41) is 3.10. The van der Waals surface area contributed by atoms with Crippen molar-refractivity contribution in [3.05, 3.63) is 84.3 Å². The molecule has 174 valence electrons. The first-order valence-electron chi connectivity index (χ1n) is 12.0. The van der Waals surface area contributed by atoms with E-state index in [1.807, 2.05) is 27.7 Å². The second-order valence-corrected chi connectivity index (χ2v) is 10.6. The van der Waals surface area contributed by atoms with Crippen LogP contribution in [0.15, 0.2) is 73.1 Å². The van der Waals surface area contributed by atoms with Crippen molar-refractivity contribution in [1.82, 2.24) is 9.97 Å². The van der Waals surface area contributed by atoms with Crippen molar-refractivity contribution < 1.29 is 4.79 Å². The summed E-state index contributed by atoms with van der Waals surface area (Å²) in [6.07, 6.45) is 6.29. The van der Waals surface area contributed by atoms with E-state index in [-0.39, 0.29) is 5.78 Å². The van der Waals surface area contributed by atoms with Crippen LogP contribution in [-0.2, 0) is 10.2 Å². The number of piperidine rings is 1. The van der Waals surface area contributed by atoms with Crippen molar-refractivity contribution in [2.75, 3.05) is 23.3 Å². The van der Waals surface area contributed by atoms with Gasteiger partial charge in [0.2, 0.25) is 0 Å². The van der Waals surface area contributed by atoms with Gasteiger partial charge in [-0.25, -0.2) is 9.97 Å². The van der Waals surface area contributed by atoms with Crippen LogP contribution in [0.1, 0.15) is 38.4 Å². The van der Waals surface area contributed by atoms with E-state index in [1.165, 1.54) is 17.7 Å². The summed E-state index contributed by atoms with van der Waals surface area (Å²) in [4.78, 5) is 23.9. The zero-order valence-corrected chi connectivity index (χ0v) is 20.4. The first kappa shape index (κ1) is 22.3. The third kappa shape index (κ3) is 4.23. The molecule has 0 amide bonds. The molecule has 34 heavy (non-hydrogen) atoms. The van der Waals surface area contributed by atoms with Crippen LogP contribution in [-0.4, -0.2) is 28.8 Å². The molecule has 2 aromatic carbocycles. The lowest BCUT2D eigenvalue weighted by Crippen LogP contribution is -2.26. The highest BCUT2D eigenvalue weighted by molar-refractivity contribution is 5.94. The normalized spacial score (nSPS) is 21.5. The molecule has 0 radical (unpaired) electrons. The van der Waals surface area contributed by atoms with Gasteiger partial charge in [0.05, 0.1) is 17.6 Å². The molecular weight excluding hydrogens is 420 g/mol. The average Bonchev–Trinajstić information content (AvgIpc) is 3.40. The molecule has 1 aliphatic heterocycles. The maximum Gasteiger partial charge on any atom is 0.162 e. The second kappa shape index (κ2) is 8.39. The van der Waals surface area contributed by atoms with E-state index in [1.54, 1.807) is 18.5 Å². The molecule has 2 heterocycles. The molecule has 0 spiro atoms. The molecule has 5 rings (SSSR count). The lowest BCUT2D eigenvalue weighted by Gasteiger charge is -2.24. The Balaban J connectivity index is 1.30. The van der Waals surface area contributed by atoms with Crippen LogP contribution < -0.4 is 10.2 Å². The summed E-state index contributed by atoms with van der Waals surface area (Å²) in [7, 11) is 0. The summed E-state index contributed by atoms with van der Waals surface area (Å²) in [5.41, 5.74) is 5.34. The Kier molecular flexibility index (Phi) is 5.51. The Bertz CT molecular complexity index is 1240. The van der Waals surface area contributed by atoms with Gasteiger partial charge in [-0.3, -0.25) is 4.79 Å². The Morgan fingerprint density at radius 2 is 1.94 bits per heavy atom. The molecule has 3 aromatic rings. The number of nitrogens with one attached hydrogen (secondary N) is 1. The van der Waals surface area contributed by atoms with Crippen molar-refractivity contribution in [3.63, 3.8) is 0 Å². The monoisotopic (exact) mass is 452 g/mol. The summed E-state index contributed by atoms with van der Waals surface area (Å²) in [6, 6.07) is 19.6. The number of anilines is 2. The number of allylic oxidation sites excluding steroid dienone is 1. The van der Waals surface area contributed by atoms with E-state index in [9.17, 15) is 4.79 Å². The van der Waals surface area contributed by atoms with Gasteiger partial charge >= 0.3 is 0 Å². The van der Waals surface area contributed by atoms with E-state index in [0.717, 1.165) is 36.0 Å². The van der Waals surface area contributed by atoms with Gasteiger partial charge in [0.25, 0.3) is 0 Å². The van der Waals surface area contributed by atoms with Crippen molar-refractivity contribution in [3.8, 4) is 11.3 Å². The first-order chi connectivity index (χ1) is 16.3. The Hall–Kier alpha value is -3.47. The lowest BCUT2D eigenvalue weighted by molar-refractivity contribution is -0.121. The summed E-state index contributed by atoms with van der Waals surface area (Å²) in [5.74, 6) is 1.46. The smallest absolute Gasteiger partial charge is 0.162 e. The third-order valence-corrected chi connectivity index (χ3v) is 7.14. The SMILES string of the molecule is Cc1nc(-c2cccc(N3C[C@@H]4C[C@]4(c4ccccc4)C3)c2)cnc1N/C=C/C(=O)C(C)(C)C. The number of aromatic nitrogens is 2. The maximum absolute atomic E-state index is 12.1. The van der Waals surface area contributed by atoms with Gasteiger partial charge in [0, 0.05) is 41.4 Å². The maximum atomic E-state index is 12.1. The number of carbonyl (C=O) groups excluding carboxylic acids is 1. The quantitative estimate of drug-likeness (QED) is 0.481. The molecule has 1 saturated heterocycles. The van der Waals surface area contributed by atoms with Crippen LogP contribution in [0.25, 0.3) is 11.3 Å². The number of aryl methyl sites for hydroxylation is 1. The molecule has 2 fully saturated rings. The molecular formula is C29H32N4O. The fourth-order valence-corrected chi connectivity index (χ4v) is 4.97. The number of fused-ring (bicyclic) bond motifs is 1.